The van der Waals surface area contributed by atoms with E-state index in [1.165, 1.54) is 56.9 Å². The van der Waals surface area contributed by atoms with Gasteiger partial charge in [0.2, 0.25) is 0 Å². The van der Waals surface area contributed by atoms with Gasteiger partial charge in [-0.2, -0.15) is 0 Å². The molecule has 2 nitrogen and oxygen atoms in total. The first-order valence-corrected chi connectivity index (χ1v) is 11.4. The molecule has 0 aliphatic heterocycles. The van der Waals surface area contributed by atoms with Crippen molar-refractivity contribution in [1.82, 2.24) is 4.98 Å². The Morgan fingerprint density at radius 2 is 1.71 bits per heavy atom. The van der Waals surface area contributed by atoms with Crippen molar-refractivity contribution in [3.8, 4) is 17.0 Å². The molecule has 28 heavy (non-hydrogen) atoms. The Morgan fingerprint density at radius 3 is 2.54 bits per heavy atom. The van der Waals surface area contributed by atoms with E-state index in [1.807, 2.05) is 12.3 Å². The maximum atomic E-state index is 6.12. The molecule has 0 spiro atoms. The molecule has 1 aromatic heterocycles. The third-order valence-corrected chi connectivity index (χ3v) is 5.60. The zero-order chi connectivity index (χ0) is 20.0. The molecule has 0 aliphatic rings. The Morgan fingerprint density at radius 1 is 0.929 bits per heavy atom. The van der Waals surface area contributed by atoms with Crippen LogP contribution in [0.4, 0.5) is 0 Å². The van der Waals surface area contributed by atoms with E-state index in [2.05, 4.69) is 56.1 Å². The summed E-state index contributed by atoms with van der Waals surface area (Å²) in [5.74, 6) is 1.73. The summed E-state index contributed by atoms with van der Waals surface area (Å²) in [5.41, 5.74) is 3.52. The van der Waals surface area contributed by atoms with Crippen LogP contribution in [0.1, 0.15) is 84.1 Å². The van der Waals surface area contributed by atoms with E-state index in [0.717, 1.165) is 42.4 Å². The maximum absolute atomic E-state index is 6.12. The van der Waals surface area contributed by atoms with Gasteiger partial charge in [-0.05, 0) is 61.4 Å². The van der Waals surface area contributed by atoms with Crippen molar-refractivity contribution in [2.24, 2.45) is 5.92 Å². The van der Waals surface area contributed by atoms with Crippen molar-refractivity contribution in [3.63, 3.8) is 0 Å². The number of nitrogens with zero attached hydrogens (tertiary/aromatic N) is 1. The van der Waals surface area contributed by atoms with E-state index in [9.17, 15) is 0 Å². The molecule has 0 radical (unpaired) electrons. The summed E-state index contributed by atoms with van der Waals surface area (Å²) in [6.45, 7) is 7.61. The Kier molecular flexibility index (Phi) is 10.7. The Hall–Kier alpha value is -1.83. The summed E-state index contributed by atoms with van der Waals surface area (Å²) < 4.78 is 6.12. The average molecular weight is 382 g/mol. The highest BCUT2D eigenvalue weighted by Crippen LogP contribution is 2.29. The van der Waals surface area contributed by atoms with Gasteiger partial charge in [-0.3, -0.25) is 4.98 Å². The highest BCUT2D eigenvalue weighted by Gasteiger charge is 2.08. The van der Waals surface area contributed by atoms with Gasteiger partial charge in [-0.15, -0.1) is 0 Å². The number of ether oxygens (including phenoxy) is 1. The highest BCUT2D eigenvalue weighted by atomic mass is 16.5. The van der Waals surface area contributed by atoms with Gasteiger partial charge in [0.15, 0.2) is 0 Å². The molecule has 0 bridgehead atoms. The molecule has 0 saturated carbocycles. The SMILES string of the molecule is CCCCCCCCc1ccnc(-c2ccccc2OCCCC(C)CC)c1. The molecule has 0 fully saturated rings. The normalized spacial score (nSPS) is 12.1. The number of aryl methyl sites for hydroxylation is 1. The summed E-state index contributed by atoms with van der Waals surface area (Å²) in [6.07, 6.45) is 14.7. The van der Waals surface area contributed by atoms with Crippen molar-refractivity contribution in [1.29, 1.82) is 0 Å². The van der Waals surface area contributed by atoms with Gasteiger partial charge in [0.25, 0.3) is 0 Å². The molecular weight excluding hydrogens is 342 g/mol. The van der Waals surface area contributed by atoms with E-state index >= 15 is 0 Å². The molecular formula is C26H39NO. The molecule has 1 unspecified atom stereocenters. The number of para-hydroxylation sites is 1. The quantitative estimate of drug-likeness (QED) is 0.311. The molecule has 154 valence electrons. The van der Waals surface area contributed by atoms with Gasteiger partial charge in [-0.1, -0.05) is 71.4 Å². The van der Waals surface area contributed by atoms with Gasteiger partial charge in [0.05, 0.1) is 12.3 Å². The summed E-state index contributed by atoms with van der Waals surface area (Å²) in [4.78, 5) is 4.63. The average Bonchev–Trinajstić information content (AvgIpc) is 2.74. The molecule has 0 N–H and O–H groups in total. The number of hydrogen-bond acceptors (Lipinski definition) is 2. The fraction of sp³-hybridized carbons (Fsp3) is 0.577. The predicted octanol–water partition coefficient (Wildman–Crippen LogP) is 7.86. The number of benzene rings is 1. The Bertz CT molecular complexity index is 667. The zero-order valence-electron chi connectivity index (χ0n) is 18.3. The van der Waals surface area contributed by atoms with Crippen LogP contribution in [0, 0.1) is 5.92 Å². The van der Waals surface area contributed by atoms with Crippen molar-refractivity contribution in [3.05, 3.63) is 48.2 Å². The minimum absolute atomic E-state index is 0.777. The molecule has 1 atom stereocenters. The summed E-state index contributed by atoms with van der Waals surface area (Å²) in [7, 11) is 0. The maximum Gasteiger partial charge on any atom is 0.128 e. The van der Waals surface area contributed by atoms with Crippen LogP contribution < -0.4 is 4.74 Å². The summed E-state index contributed by atoms with van der Waals surface area (Å²) >= 11 is 0. The number of aromatic nitrogens is 1. The number of unbranched alkanes of at least 4 members (excludes halogenated alkanes) is 5. The minimum Gasteiger partial charge on any atom is -0.493 e. The van der Waals surface area contributed by atoms with Crippen LogP contribution in [-0.4, -0.2) is 11.6 Å². The number of rotatable bonds is 14. The molecule has 2 heteroatoms. The van der Waals surface area contributed by atoms with Crippen LogP contribution in [-0.2, 0) is 6.42 Å². The molecule has 1 aromatic carbocycles. The summed E-state index contributed by atoms with van der Waals surface area (Å²) in [5, 5.41) is 0. The topological polar surface area (TPSA) is 22.1 Å². The molecule has 2 rings (SSSR count). The largest absolute Gasteiger partial charge is 0.493 e. The van der Waals surface area contributed by atoms with Gasteiger partial charge in [0.1, 0.15) is 5.75 Å². The Balaban J connectivity index is 1.91. The molecule has 0 saturated heterocycles. The third-order valence-electron chi connectivity index (χ3n) is 5.60. The van der Waals surface area contributed by atoms with E-state index in [4.69, 9.17) is 4.74 Å². The van der Waals surface area contributed by atoms with E-state index < -0.39 is 0 Å². The van der Waals surface area contributed by atoms with Gasteiger partial charge >= 0.3 is 0 Å². The van der Waals surface area contributed by atoms with Crippen molar-refractivity contribution in [2.75, 3.05) is 6.61 Å². The second-order valence-electron chi connectivity index (χ2n) is 8.07. The van der Waals surface area contributed by atoms with E-state index in [1.54, 1.807) is 0 Å². The first kappa shape index (κ1) is 22.5. The predicted molar refractivity (Wildman–Crippen MR) is 121 cm³/mol. The van der Waals surface area contributed by atoms with Crippen molar-refractivity contribution in [2.45, 2.75) is 85.0 Å². The molecule has 1 heterocycles. The van der Waals surface area contributed by atoms with Gasteiger partial charge < -0.3 is 4.74 Å². The lowest BCUT2D eigenvalue weighted by atomic mass is 10.0. The van der Waals surface area contributed by atoms with Crippen LogP contribution in [0.2, 0.25) is 0 Å². The number of pyridine rings is 1. The van der Waals surface area contributed by atoms with Crippen LogP contribution in [0.3, 0.4) is 0 Å². The molecule has 0 aliphatic carbocycles. The second-order valence-corrected chi connectivity index (χ2v) is 8.07. The van der Waals surface area contributed by atoms with Crippen LogP contribution in [0.5, 0.6) is 5.75 Å². The smallest absolute Gasteiger partial charge is 0.128 e. The zero-order valence-corrected chi connectivity index (χ0v) is 18.3. The lowest BCUT2D eigenvalue weighted by Crippen LogP contribution is -2.02. The van der Waals surface area contributed by atoms with Crippen LogP contribution >= 0.6 is 0 Å². The van der Waals surface area contributed by atoms with E-state index in [0.29, 0.717) is 0 Å². The Labute approximate surface area is 172 Å². The minimum atomic E-state index is 0.777. The van der Waals surface area contributed by atoms with Gasteiger partial charge in [-0.25, -0.2) is 0 Å². The second kappa shape index (κ2) is 13.4. The van der Waals surface area contributed by atoms with E-state index in [-0.39, 0.29) is 0 Å². The van der Waals surface area contributed by atoms with Crippen molar-refractivity contribution < 1.29 is 4.74 Å². The highest BCUT2D eigenvalue weighted by molar-refractivity contribution is 5.67. The third kappa shape index (κ3) is 8.04. The lowest BCUT2D eigenvalue weighted by Gasteiger charge is -2.13. The first-order chi connectivity index (χ1) is 13.7. The van der Waals surface area contributed by atoms with Crippen LogP contribution in [0.25, 0.3) is 11.3 Å². The first-order valence-electron chi connectivity index (χ1n) is 11.4. The number of hydrogen-bond donors (Lipinski definition) is 0. The molecule has 0 amide bonds. The monoisotopic (exact) mass is 381 g/mol. The lowest BCUT2D eigenvalue weighted by molar-refractivity contribution is 0.295. The standard InChI is InChI=1S/C26H39NO/c1-4-6-7-8-9-10-15-23-18-19-27-25(21-23)24-16-11-12-17-26(24)28-20-13-14-22(3)5-2/h11-12,16-19,21-22H,4-10,13-15,20H2,1-3H3. The molecule has 2 aromatic rings. The fourth-order valence-corrected chi connectivity index (χ4v) is 3.51. The van der Waals surface area contributed by atoms with Crippen molar-refractivity contribution >= 4 is 0 Å². The fourth-order valence-electron chi connectivity index (χ4n) is 3.51. The van der Waals surface area contributed by atoms with Crippen LogP contribution in [0.15, 0.2) is 42.6 Å². The van der Waals surface area contributed by atoms with Gasteiger partial charge in [0, 0.05) is 11.8 Å². The summed E-state index contributed by atoms with van der Waals surface area (Å²) in [6, 6.07) is 12.7.